The van der Waals surface area contributed by atoms with Crippen LogP contribution in [0.5, 0.6) is 0 Å². The molecule has 0 bridgehead atoms. The van der Waals surface area contributed by atoms with E-state index in [4.69, 9.17) is 5.73 Å². The maximum Gasteiger partial charge on any atom is 0.280 e. The second-order valence-corrected chi connectivity index (χ2v) is 10.2. The van der Waals surface area contributed by atoms with Gasteiger partial charge in [-0.2, -0.15) is 5.10 Å². The number of carbonyl (C=O) groups excluding carboxylic acids is 2. The van der Waals surface area contributed by atoms with Gasteiger partial charge in [-0.3, -0.25) is 19.3 Å². The highest BCUT2D eigenvalue weighted by molar-refractivity contribution is 5.94. The first kappa shape index (κ1) is 28.9. The highest BCUT2D eigenvalue weighted by atomic mass is 19.3. The number of halogens is 5. The van der Waals surface area contributed by atoms with Gasteiger partial charge >= 0.3 is 0 Å². The summed E-state index contributed by atoms with van der Waals surface area (Å²) in [6.45, 7) is 1.02. The van der Waals surface area contributed by atoms with Crippen molar-refractivity contribution in [3.05, 3.63) is 106 Å². The highest BCUT2D eigenvalue weighted by Gasteiger charge is 2.33. The maximum atomic E-state index is 14.2. The maximum absolute atomic E-state index is 14.2. The fourth-order valence-electron chi connectivity index (χ4n) is 5.10. The van der Waals surface area contributed by atoms with Gasteiger partial charge in [-0.1, -0.05) is 12.1 Å². The summed E-state index contributed by atoms with van der Waals surface area (Å²) in [7, 11) is 0. The van der Waals surface area contributed by atoms with E-state index in [-0.39, 0.29) is 34.9 Å². The van der Waals surface area contributed by atoms with Crippen LogP contribution in [0.15, 0.2) is 54.7 Å². The first-order chi connectivity index (χ1) is 20.0. The molecular formula is C30H26F5N5O2. The number of amides is 2. The Hall–Kier alpha value is -4.61. The van der Waals surface area contributed by atoms with Crippen LogP contribution in [0.3, 0.4) is 0 Å². The Labute approximate surface area is 237 Å². The molecule has 7 nitrogen and oxygen atoms in total. The van der Waals surface area contributed by atoms with Crippen molar-refractivity contribution in [2.24, 2.45) is 5.73 Å². The zero-order chi connectivity index (χ0) is 30.1. The average molecular weight is 584 g/mol. The summed E-state index contributed by atoms with van der Waals surface area (Å²) in [5, 5.41) is 7.05. The summed E-state index contributed by atoms with van der Waals surface area (Å²) >= 11 is 0. The number of aromatic nitrogens is 3. The van der Waals surface area contributed by atoms with Gasteiger partial charge in [0, 0.05) is 23.7 Å². The van der Waals surface area contributed by atoms with Gasteiger partial charge in [-0.15, -0.1) is 0 Å². The van der Waals surface area contributed by atoms with Crippen LogP contribution < -0.4 is 11.1 Å². The lowest BCUT2D eigenvalue weighted by molar-refractivity contribution is -0.122. The Bertz CT molecular complexity index is 1650. The molecule has 0 spiro atoms. The van der Waals surface area contributed by atoms with Crippen LogP contribution in [-0.2, 0) is 17.8 Å². The molecule has 0 aliphatic heterocycles. The summed E-state index contributed by atoms with van der Waals surface area (Å²) in [4.78, 5) is 29.5. The molecule has 12 heteroatoms. The summed E-state index contributed by atoms with van der Waals surface area (Å²) < 4.78 is 71.2. The standard InChI is InChI=1S/C30H26F5N5O2/c1-15-26(17-4-5-17)39-40(28(15)29(34)35)14-25(41)38-24(11-16-9-19(31)13-20(32)10-16)27-21(3-2-8-37-27)18-6-7-23(33)22(12-18)30(36)42/h2-3,6-10,12-13,17,24,29H,4-5,11,14H2,1H3,(H2,36,42)(H,38,41)/t24-/m0/s1. The van der Waals surface area contributed by atoms with Gasteiger partial charge in [0.05, 0.1) is 23.0 Å². The Morgan fingerprint density at radius 3 is 2.43 bits per heavy atom. The zero-order valence-electron chi connectivity index (χ0n) is 22.4. The second-order valence-electron chi connectivity index (χ2n) is 10.2. The molecule has 0 saturated heterocycles. The molecule has 2 aromatic heterocycles. The lowest BCUT2D eigenvalue weighted by Crippen LogP contribution is -2.34. The third-order valence-corrected chi connectivity index (χ3v) is 7.15. The number of alkyl halides is 2. The minimum absolute atomic E-state index is 0.0829. The molecule has 0 unspecified atom stereocenters. The van der Waals surface area contributed by atoms with E-state index in [1.54, 1.807) is 19.1 Å². The Kier molecular flexibility index (Phi) is 8.06. The van der Waals surface area contributed by atoms with Crippen molar-refractivity contribution < 1.29 is 31.5 Å². The molecule has 2 aromatic carbocycles. The molecule has 2 heterocycles. The van der Waals surface area contributed by atoms with E-state index in [1.807, 2.05) is 0 Å². The predicted octanol–water partition coefficient (Wildman–Crippen LogP) is 5.68. The largest absolute Gasteiger partial charge is 0.366 e. The number of hydrogen-bond acceptors (Lipinski definition) is 4. The first-order valence-corrected chi connectivity index (χ1v) is 13.2. The molecule has 1 aliphatic carbocycles. The number of nitrogens with one attached hydrogen (secondary N) is 1. The van der Waals surface area contributed by atoms with E-state index in [0.717, 1.165) is 35.7 Å². The van der Waals surface area contributed by atoms with Gasteiger partial charge in [-0.05, 0) is 73.2 Å². The van der Waals surface area contributed by atoms with E-state index in [1.165, 1.54) is 18.3 Å². The molecule has 1 aliphatic rings. The molecule has 1 saturated carbocycles. The number of pyridine rings is 1. The smallest absolute Gasteiger partial charge is 0.280 e. The van der Waals surface area contributed by atoms with Crippen molar-refractivity contribution in [3.63, 3.8) is 0 Å². The van der Waals surface area contributed by atoms with E-state index in [0.29, 0.717) is 28.5 Å². The van der Waals surface area contributed by atoms with Crippen LogP contribution in [0.2, 0.25) is 0 Å². The molecule has 1 fully saturated rings. The number of nitrogens with zero attached hydrogens (tertiary/aromatic N) is 3. The fraction of sp³-hybridized carbons (Fsp3) is 0.267. The van der Waals surface area contributed by atoms with Crippen molar-refractivity contribution in [2.75, 3.05) is 0 Å². The molecule has 5 rings (SSSR count). The lowest BCUT2D eigenvalue weighted by Gasteiger charge is -2.22. The van der Waals surface area contributed by atoms with Gasteiger partial charge in [-0.25, -0.2) is 22.0 Å². The third kappa shape index (κ3) is 6.17. The predicted molar refractivity (Wildman–Crippen MR) is 143 cm³/mol. The van der Waals surface area contributed by atoms with E-state index < -0.39 is 48.3 Å². The summed E-state index contributed by atoms with van der Waals surface area (Å²) in [5.41, 5.74) is 6.62. The molecule has 0 radical (unpaired) electrons. The fourth-order valence-corrected chi connectivity index (χ4v) is 5.10. The van der Waals surface area contributed by atoms with Gasteiger partial charge in [0.25, 0.3) is 12.3 Å². The van der Waals surface area contributed by atoms with Crippen molar-refractivity contribution in [2.45, 2.75) is 51.1 Å². The number of rotatable bonds is 10. The van der Waals surface area contributed by atoms with Crippen LogP contribution in [0.4, 0.5) is 22.0 Å². The van der Waals surface area contributed by atoms with Crippen LogP contribution in [0.1, 0.15) is 69.8 Å². The molecule has 2 amide bonds. The van der Waals surface area contributed by atoms with Gasteiger partial charge in [0.15, 0.2) is 0 Å². The SMILES string of the molecule is Cc1c(C2CC2)nn(CC(=O)N[C@@H](Cc2cc(F)cc(F)c2)c2ncccc2-c2ccc(F)c(C(N)=O)c2)c1C(F)F. The summed E-state index contributed by atoms with van der Waals surface area (Å²) in [5.74, 6) is -4.09. The molecular weight excluding hydrogens is 557 g/mol. The third-order valence-electron chi connectivity index (χ3n) is 7.15. The highest BCUT2D eigenvalue weighted by Crippen LogP contribution is 2.42. The Morgan fingerprint density at radius 2 is 1.79 bits per heavy atom. The normalized spacial score (nSPS) is 13.8. The van der Waals surface area contributed by atoms with E-state index in [2.05, 4.69) is 15.4 Å². The van der Waals surface area contributed by atoms with Gasteiger partial charge in [0.1, 0.15) is 29.7 Å². The molecule has 3 N–H and O–H groups in total. The molecule has 42 heavy (non-hydrogen) atoms. The van der Waals surface area contributed by atoms with Crippen LogP contribution in [0, 0.1) is 24.4 Å². The van der Waals surface area contributed by atoms with Crippen LogP contribution in [0.25, 0.3) is 11.1 Å². The van der Waals surface area contributed by atoms with Crippen molar-refractivity contribution in [1.29, 1.82) is 0 Å². The van der Waals surface area contributed by atoms with E-state index in [9.17, 15) is 31.5 Å². The Balaban J connectivity index is 1.52. The van der Waals surface area contributed by atoms with Crippen LogP contribution >= 0.6 is 0 Å². The topological polar surface area (TPSA) is 103 Å². The molecule has 218 valence electrons. The first-order valence-electron chi connectivity index (χ1n) is 13.2. The Morgan fingerprint density at radius 1 is 1.07 bits per heavy atom. The minimum atomic E-state index is -2.86. The number of carbonyl (C=O) groups is 2. The summed E-state index contributed by atoms with van der Waals surface area (Å²) in [6, 6.07) is 8.76. The average Bonchev–Trinajstić information content (AvgIpc) is 3.71. The van der Waals surface area contributed by atoms with Crippen molar-refractivity contribution in [3.8, 4) is 11.1 Å². The molecule has 4 aromatic rings. The van der Waals surface area contributed by atoms with Gasteiger partial charge < -0.3 is 11.1 Å². The second kappa shape index (κ2) is 11.7. The summed E-state index contributed by atoms with van der Waals surface area (Å²) in [6.07, 6.45) is 0.103. The van der Waals surface area contributed by atoms with Crippen LogP contribution in [-0.4, -0.2) is 26.6 Å². The zero-order valence-corrected chi connectivity index (χ0v) is 22.4. The lowest BCUT2D eigenvalue weighted by atomic mass is 9.94. The van der Waals surface area contributed by atoms with Gasteiger partial charge in [0.2, 0.25) is 5.91 Å². The minimum Gasteiger partial charge on any atom is -0.366 e. The number of primary amides is 1. The number of hydrogen-bond donors (Lipinski definition) is 2. The quantitative estimate of drug-likeness (QED) is 0.234. The molecule has 1 atom stereocenters. The van der Waals surface area contributed by atoms with Crippen molar-refractivity contribution >= 4 is 11.8 Å². The monoisotopic (exact) mass is 583 g/mol. The van der Waals surface area contributed by atoms with E-state index >= 15 is 0 Å². The number of benzene rings is 2. The number of nitrogens with two attached hydrogens (primary N) is 1. The van der Waals surface area contributed by atoms with Crippen molar-refractivity contribution in [1.82, 2.24) is 20.1 Å².